The number of pyridine rings is 1. The van der Waals surface area contributed by atoms with Crippen LogP contribution in [0, 0.1) is 28.4 Å². The van der Waals surface area contributed by atoms with Gasteiger partial charge in [0.25, 0.3) is 11.6 Å². The summed E-state index contributed by atoms with van der Waals surface area (Å²) in [5.74, 6) is -0.612. The van der Waals surface area contributed by atoms with Gasteiger partial charge in [0.05, 0.1) is 28.3 Å². The summed E-state index contributed by atoms with van der Waals surface area (Å²) in [4.78, 5) is 28.8. The molecule has 0 saturated carbocycles. The SMILES string of the molecule is COCc1c(Br)c(C)nc(OCC(=O)N/N=C\c2ccc(Sc3ccc(Cl)cc3)c([N+](=O)[O-])c2)c1C#N. The van der Waals surface area contributed by atoms with Crippen molar-refractivity contribution in [1.82, 2.24) is 10.4 Å². The summed E-state index contributed by atoms with van der Waals surface area (Å²) in [5.41, 5.74) is 3.87. The van der Waals surface area contributed by atoms with Crippen LogP contribution < -0.4 is 10.2 Å². The summed E-state index contributed by atoms with van der Waals surface area (Å²) in [6, 6.07) is 13.6. The Morgan fingerprint density at radius 2 is 2.08 bits per heavy atom. The Morgan fingerprint density at radius 1 is 1.35 bits per heavy atom. The third-order valence-electron chi connectivity index (χ3n) is 4.73. The van der Waals surface area contributed by atoms with Crippen LogP contribution in [0.5, 0.6) is 5.88 Å². The van der Waals surface area contributed by atoms with Crippen molar-refractivity contribution in [1.29, 1.82) is 5.26 Å². The lowest BCUT2D eigenvalue weighted by Gasteiger charge is -2.13. The van der Waals surface area contributed by atoms with Gasteiger partial charge < -0.3 is 9.47 Å². The van der Waals surface area contributed by atoms with E-state index in [1.807, 2.05) is 6.07 Å². The first-order chi connectivity index (χ1) is 17.7. The van der Waals surface area contributed by atoms with Crippen molar-refractivity contribution in [2.45, 2.75) is 23.3 Å². The Morgan fingerprint density at radius 3 is 2.73 bits per heavy atom. The minimum Gasteiger partial charge on any atom is -0.467 e. The zero-order valence-corrected chi connectivity index (χ0v) is 22.7. The topological polar surface area (TPSA) is 140 Å². The molecular formula is C24H19BrClN5O5S. The number of aromatic nitrogens is 1. The van der Waals surface area contributed by atoms with Crippen LogP contribution in [0.15, 0.2) is 61.8 Å². The van der Waals surface area contributed by atoms with Gasteiger partial charge in [-0.3, -0.25) is 14.9 Å². The molecule has 0 aliphatic heterocycles. The Hall–Kier alpha value is -3.50. The summed E-state index contributed by atoms with van der Waals surface area (Å²) in [7, 11) is 1.50. The van der Waals surface area contributed by atoms with Gasteiger partial charge in [-0.05, 0) is 53.2 Å². The van der Waals surface area contributed by atoms with E-state index in [0.29, 0.717) is 31.2 Å². The highest BCUT2D eigenvalue weighted by Gasteiger charge is 2.19. The molecular weight excluding hydrogens is 586 g/mol. The molecule has 1 heterocycles. The summed E-state index contributed by atoms with van der Waals surface area (Å²) < 4.78 is 11.2. The molecule has 3 aromatic rings. The Labute approximate surface area is 229 Å². The van der Waals surface area contributed by atoms with Gasteiger partial charge in [-0.1, -0.05) is 29.4 Å². The molecule has 1 aromatic heterocycles. The molecule has 10 nitrogen and oxygen atoms in total. The highest BCUT2D eigenvalue weighted by atomic mass is 79.9. The van der Waals surface area contributed by atoms with E-state index >= 15 is 0 Å². The number of hydrogen-bond acceptors (Lipinski definition) is 9. The fourth-order valence-electron chi connectivity index (χ4n) is 3.03. The number of hydrazone groups is 1. The number of nitro groups is 1. The van der Waals surface area contributed by atoms with Crippen molar-refractivity contribution in [3.8, 4) is 11.9 Å². The maximum atomic E-state index is 12.2. The second-order valence-electron chi connectivity index (χ2n) is 7.34. The smallest absolute Gasteiger partial charge is 0.283 e. The number of benzene rings is 2. The fourth-order valence-corrected chi connectivity index (χ4v) is 4.46. The summed E-state index contributed by atoms with van der Waals surface area (Å²) >= 11 is 10.5. The second kappa shape index (κ2) is 13.2. The van der Waals surface area contributed by atoms with E-state index < -0.39 is 17.4 Å². The number of nitrogens with zero attached hydrogens (tertiary/aromatic N) is 4. The number of nitro benzene ring substituents is 1. The molecule has 0 bridgehead atoms. The third kappa shape index (κ3) is 7.50. The van der Waals surface area contributed by atoms with E-state index in [4.69, 9.17) is 21.1 Å². The van der Waals surface area contributed by atoms with Crippen molar-refractivity contribution in [3.63, 3.8) is 0 Å². The first-order valence-electron chi connectivity index (χ1n) is 10.5. The number of carbonyl (C=O) groups excluding carboxylic acids is 1. The van der Waals surface area contributed by atoms with E-state index in [-0.39, 0.29) is 23.7 Å². The highest BCUT2D eigenvalue weighted by molar-refractivity contribution is 9.10. The Bertz CT molecular complexity index is 1400. The minimum atomic E-state index is -0.611. The number of nitrogens with one attached hydrogen (secondary N) is 1. The third-order valence-corrected chi connectivity index (χ3v) is 7.11. The van der Waals surface area contributed by atoms with Crippen molar-refractivity contribution in [3.05, 3.63) is 84.5 Å². The monoisotopic (exact) mass is 603 g/mol. The maximum absolute atomic E-state index is 12.2. The van der Waals surface area contributed by atoms with Crippen LogP contribution >= 0.6 is 39.3 Å². The molecule has 37 heavy (non-hydrogen) atoms. The van der Waals surface area contributed by atoms with Gasteiger partial charge in [-0.15, -0.1) is 0 Å². The van der Waals surface area contributed by atoms with Gasteiger partial charge in [0, 0.05) is 38.7 Å². The molecule has 190 valence electrons. The lowest BCUT2D eigenvalue weighted by Crippen LogP contribution is -2.25. The Balaban J connectivity index is 1.65. The first-order valence-corrected chi connectivity index (χ1v) is 12.5. The first kappa shape index (κ1) is 28.1. The number of methoxy groups -OCH3 is 1. The van der Waals surface area contributed by atoms with Crippen LogP contribution in [0.4, 0.5) is 5.69 Å². The number of hydrogen-bond donors (Lipinski definition) is 1. The molecule has 0 spiro atoms. The van der Waals surface area contributed by atoms with Crippen molar-refractivity contribution in [2.75, 3.05) is 13.7 Å². The second-order valence-corrected chi connectivity index (χ2v) is 9.68. The van der Waals surface area contributed by atoms with E-state index in [9.17, 15) is 20.2 Å². The molecule has 13 heteroatoms. The standard InChI is InChI=1S/C24H19BrClN5O5S/c1-14-23(25)19(12-35-2)18(10-27)24(29-14)36-13-22(32)30-28-11-15-3-8-21(20(9-15)31(33)34)37-17-6-4-16(26)5-7-17/h3-9,11H,12-13H2,1-2H3,(H,30,32)/b28-11-. The van der Waals surface area contributed by atoms with Gasteiger partial charge >= 0.3 is 0 Å². The lowest BCUT2D eigenvalue weighted by molar-refractivity contribution is -0.387. The number of nitriles is 1. The van der Waals surface area contributed by atoms with Crippen LogP contribution in [-0.2, 0) is 16.1 Å². The molecule has 0 atom stereocenters. The summed E-state index contributed by atoms with van der Waals surface area (Å²) in [6.45, 7) is 1.42. The van der Waals surface area contributed by atoms with Gasteiger partial charge in [-0.25, -0.2) is 10.4 Å². The largest absolute Gasteiger partial charge is 0.467 e. The van der Waals surface area contributed by atoms with E-state index in [0.717, 1.165) is 4.90 Å². The molecule has 1 amide bonds. The van der Waals surface area contributed by atoms with Crippen LogP contribution in [-0.4, -0.2) is 35.7 Å². The minimum absolute atomic E-state index is 0.00113. The van der Waals surface area contributed by atoms with Crippen molar-refractivity contribution >= 4 is 57.1 Å². The van der Waals surface area contributed by atoms with Crippen molar-refractivity contribution in [2.24, 2.45) is 5.10 Å². The lowest BCUT2D eigenvalue weighted by atomic mass is 10.1. The van der Waals surface area contributed by atoms with Crippen molar-refractivity contribution < 1.29 is 19.2 Å². The normalized spacial score (nSPS) is 10.8. The van der Waals surface area contributed by atoms with E-state index in [2.05, 4.69) is 31.4 Å². The molecule has 0 unspecified atom stereocenters. The molecule has 1 N–H and O–H groups in total. The quantitative estimate of drug-likeness (QED) is 0.184. The van der Waals surface area contributed by atoms with Crippen LogP contribution in [0.1, 0.15) is 22.4 Å². The van der Waals surface area contributed by atoms with Gasteiger partial charge in [-0.2, -0.15) is 10.4 Å². The molecule has 2 aromatic carbocycles. The average Bonchev–Trinajstić information content (AvgIpc) is 2.87. The van der Waals surface area contributed by atoms with Crippen LogP contribution in [0.3, 0.4) is 0 Å². The predicted molar refractivity (Wildman–Crippen MR) is 142 cm³/mol. The molecule has 0 saturated heterocycles. The van der Waals surface area contributed by atoms with Gasteiger partial charge in [0.1, 0.15) is 11.6 Å². The number of carbonyl (C=O) groups is 1. The Kier molecular flexibility index (Phi) is 9.99. The molecule has 0 aliphatic rings. The number of rotatable bonds is 10. The summed E-state index contributed by atoms with van der Waals surface area (Å²) in [6.07, 6.45) is 1.28. The predicted octanol–water partition coefficient (Wildman–Crippen LogP) is 5.41. The average molecular weight is 605 g/mol. The molecule has 0 fully saturated rings. The van der Waals surface area contributed by atoms with Crippen LogP contribution in [0.2, 0.25) is 5.02 Å². The molecule has 0 aliphatic carbocycles. The fraction of sp³-hybridized carbons (Fsp3) is 0.167. The highest BCUT2D eigenvalue weighted by Crippen LogP contribution is 2.35. The number of amides is 1. The molecule has 3 rings (SSSR count). The van der Waals surface area contributed by atoms with Gasteiger partial charge in [0.15, 0.2) is 6.61 Å². The zero-order valence-electron chi connectivity index (χ0n) is 19.5. The zero-order chi connectivity index (χ0) is 26.9. The maximum Gasteiger partial charge on any atom is 0.283 e. The van der Waals surface area contributed by atoms with E-state index in [1.165, 1.54) is 31.2 Å². The van der Waals surface area contributed by atoms with Gasteiger partial charge in [0.2, 0.25) is 5.88 Å². The van der Waals surface area contributed by atoms with E-state index in [1.54, 1.807) is 43.3 Å². The van der Waals surface area contributed by atoms with Crippen LogP contribution in [0.25, 0.3) is 0 Å². The number of aryl methyl sites for hydroxylation is 1. The molecule has 0 radical (unpaired) electrons. The number of ether oxygens (including phenoxy) is 2. The summed E-state index contributed by atoms with van der Waals surface area (Å²) in [5, 5.41) is 25.5. The number of halogens is 2.